The Bertz CT molecular complexity index is 580. The van der Waals surface area contributed by atoms with Gasteiger partial charge in [-0.25, -0.2) is 0 Å². The maximum Gasteiger partial charge on any atom is 0.302 e. The fourth-order valence-electron chi connectivity index (χ4n) is 2.96. The van der Waals surface area contributed by atoms with Crippen molar-refractivity contribution in [2.24, 2.45) is 0 Å². The molecule has 0 radical (unpaired) electrons. The first-order valence-electron chi connectivity index (χ1n) is 8.55. The van der Waals surface area contributed by atoms with Gasteiger partial charge in [0.25, 0.3) is 0 Å². The molecule has 0 aromatic heterocycles. The highest BCUT2D eigenvalue weighted by Crippen LogP contribution is 2.32. The number of carbonyl (C=O) groups is 1. The van der Waals surface area contributed by atoms with Crippen LogP contribution in [0.15, 0.2) is 42.5 Å². The van der Waals surface area contributed by atoms with Crippen LogP contribution in [0.4, 0.5) is 8.78 Å². The molecular formula is C19H25F2NO2S. The van der Waals surface area contributed by atoms with Crippen LogP contribution < -0.4 is 0 Å². The van der Waals surface area contributed by atoms with Gasteiger partial charge in [-0.2, -0.15) is 20.5 Å². The Hall–Kier alpha value is -1.40. The van der Waals surface area contributed by atoms with Crippen molar-refractivity contribution < 1.29 is 18.7 Å². The molecule has 1 aliphatic heterocycles. The number of likely N-dealkylation sites (tertiary alicyclic amines) is 1. The third-order valence-corrected chi connectivity index (χ3v) is 5.11. The van der Waals surface area contributed by atoms with Crippen LogP contribution in [0.5, 0.6) is 0 Å². The first kappa shape index (κ1) is 19.9. The Labute approximate surface area is 152 Å². The summed E-state index contributed by atoms with van der Waals surface area (Å²) >= 11 is 1.77. The van der Waals surface area contributed by atoms with Crippen LogP contribution in [-0.2, 0) is 10.7 Å². The van der Waals surface area contributed by atoms with Crippen molar-refractivity contribution in [2.45, 2.75) is 43.8 Å². The third kappa shape index (κ3) is 5.28. The number of halogens is 2. The number of hydrogen-bond acceptors (Lipinski definition) is 3. The molecule has 1 aromatic rings. The molecule has 2 rings (SSSR count). The Morgan fingerprint density at radius 1 is 1.36 bits per heavy atom. The molecule has 1 amide bonds. The van der Waals surface area contributed by atoms with Gasteiger partial charge in [0.2, 0.25) is 5.91 Å². The number of amides is 1. The maximum atomic E-state index is 14.3. The summed E-state index contributed by atoms with van der Waals surface area (Å²) in [4.78, 5) is 13.7. The summed E-state index contributed by atoms with van der Waals surface area (Å²) in [5, 5.41) is 9.95. The molecule has 0 bridgehead atoms. The summed E-state index contributed by atoms with van der Waals surface area (Å²) in [6.45, 7) is 0.638. The Balaban J connectivity index is 1.97. The largest absolute Gasteiger partial charge is 0.382 e. The minimum absolute atomic E-state index is 0.0584. The van der Waals surface area contributed by atoms with Crippen LogP contribution in [0.25, 0.3) is 0 Å². The number of alkyl halides is 2. The van der Waals surface area contributed by atoms with Gasteiger partial charge in [-0.3, -0.25) is 4.79 Å². The standard InChI is InChI=1S/C19H25F2NO2S/c1-25-14-6-5-13-22-16(10-12-18(22)24)9-11-17(23)19(20,21)15-7-3-2-4-8-15/h2-4,7-9,11,16-17,23H,5-6,10,12-14H2,1H3/b11-9+/t16-,17?/m0/s1. The van der Waals surface area contributed by atoms with E-state index in [9.17, 15) is 18.7 Å². The van der Waals surface area contributed by atoms with Gasteiger partial charge in [-0.1, -0.05) is 42.5 Å². The number of unbranched alkanes of at least 4 members (excludes halogenated alkanes) is 1. The monoisotopic (exact) mass is 369 g/mol. The number of thioether (sulfide) groups is 1. The quantitative estimate of drug-likeness (QED) is 0.531. The van der Waals surface area contributed by atoms with E-state index in [2.05, 4.69) is 0 Å². The van der Waals surface area contributed by atoms with Gasteiger partial charge in [0, 0.05) is 18.5 Å². The van der Waals surface area contributed by atoms with Crippen LogP contribution in [-0.4, -0.2) is 46.6 Å². The molecule has 1 aromatic carbocycles. The van der Waals surface area contributed by atoms with Crippen LogP contribution in [0.1, 0.15) is 31.2 Å². The maximum absolute atomic E-state index is 14.3. The molecule has 1 N–H and O–H groups in total. The smallest absolute Gasteiger partial charge is 0.302 e. The van der Waals surface area contributed by atoms with Crippen molar-refractivity contribution in [1.82, 2.24) is 4.90 Å². The van der Waals surface area contributed by atoms with Crippen LogP contribution in [0.2, 0.25) is 0 Å². The zero-order valence-electron chi connectivity index (χ0n) is 14.4. The minimum atomic E-state index is -3.36. The highest BCUT2D eigenvalue weighted by atomic mass is 32.2. The van der Waals surface area contributed by atoms with Crippen molar-refractivity contribution in [3.05, 3.63) is 48.0 Å². The molecule has 1 heterocycles. The van der Waals surface area contributed by atoms with Gasteiger partial charge in [0.05, 0.1) is 6.04 Å². The minimum Gasteiger partial charge on any atom is -0.382 e. The van der Waals surface area contributed by atoms with E-state index < -0.39 is 12.0 Å². The number of benzene rings is 1. The lowest BCUT2D eigenvalue weighted by atomic mass is 10.0. The molecule has 6 heteroatoms. The van der Waals surface area contributed by atoms with Gasteiger partial charge < -0.3 is 10.0 Å². The Morgan fingerprint density at radius 3 is 2.76 bits per heavy atom. The van der Waals surface area contributed by atoms with E-state index in [1.807, 2.05) is 6.26 Å². The second kappa shape index (κ2) is 9.34. The first-order chi connectivity index (χ1) is 12.0. The predicted molar refractivity (Wildman–Crippen MR) is 97.8 cm³/mol. The fraction of sp³-hybridized carbons (Fsp3) is 0.526. The summed E-state index contributed by atoms with van der Waals surface area (Å²) in [6.07, 6.45) is 5.79. The second-order valence-corrected chi connectivity index (χ2v) is 7.20. The zero-order valence-corrected chi connectivity index (χ0v) is 15.2. The number of hydrogen-bond donors (Lipinski definition) is 1. The number of aliphatic hydroxyl groups excluding tert-OH is 1. The van der Waals surface area contributed by atoms with E-state index in [4.69, 9.17) is 0 Å². The van der Waals surface area contributed by atoms with E-state index in [0.717, 1.165) is 24.7 Å². The Kier molecular flexibility index (Phi) is 7.44. The summed E-state index contributed by atoms with van der Waals surface area (Å²) in [6, 6.07) is 7.09. The van der Waals surface area contributed by atoms with Crippen molar-refractivity contribution in [3.8, 4) is 0 Å². The van der Waals surface area contributed by atoms with E-state index in [1.54, 1.807) is 28.8 Å². The molecule has 0 spiro atoms. The van der Waals surface area contributed by atoms with E-state index in [0.29, 0.717) is 19.4 Å². The van der Waals surface area contributed by atoms with Gasteiger partial charge in [-0.15, -0.1) is 0 Å². The number of rotatable bonds is 9. The van der Waals surface area contributed by atoms with E-state index in [-0.39, 0.29) is 17.5 Å². The molecule has 2 atom stereocenters. The summed E-state index contributed by atoms with van der Waals surface area (Å²) in [5.41, 5.74) is -0.219. The zero-order chi connectivity index (χ0) is 18.3. The number of nitrogens with zero attached hydrogens (tertiary/aromatic N) is 1. The fourth-order valence-corrected chi connectivity index (χ4v) is 3.45. The molecule has 1 unspecified atom stereocenters. The molecule has 1 fully saturated rings. The van der Waals surface area contributed by atoms with Crippen molar-refractivity contribution in [1.29, 1.82) is 0 Å². The van der Waals surface area contributed by atoms with E-state index in [1.165, 1.54) is 24.3 Å². The van der Waals surface area contributed by atoms with Crippen LogP contribution in [0.3, 0.4) is 0 Å². The summed E-state index contributed by atoms with van der Waals surface area (Å²) in [5.74, 6) is -2.25. The van der Waals surface area contributed by atoms with Crippen molar-refractivity contribution >= 4 is 17.7 Å². The molecule has 138 valence electrons. The molecule has 0 saturated carbocycles. The number of carbonyl (C=O) groups excluding carboxylic acids is 1. The SMILES string of the molecule is CSCCCCN1C(=O)CC[C@@H]1/C=C/C(O)C(F)(F)c1ccccc1. The predicted octanol–water partition coefficient (Wildman–Crippen LogP) is 3.83. The molecule has 3 nitrogen and oxygen atoms in total. The second-order valence-electron chi connectivity index (χ2n) is 6.21. The lowest BCUT2D eigenvalue weighted by Crippen LogP contribution is -2.34. The molecular weight excluding hydrogens is 344 g/mol. The highest BCUT2D eigenvalue weighted by Gasteiger charge is 2.39. The molecule has 1 aliphatic rings. The first-order valence-corrected chi connectivity index (χ1v) is 9.94. The van der Waals surface area contributed by atoms with Crippen molar-refractivity contribution in [2.75, 3.05) is 18.6 Å². The molecule has 1 saturated heterocycles. The van der Waals surface area contributed by atoms with Gasteiger partial charge in [-0.05, 0) is 31.3 Å². The lowest BCUT2D eigenvalue weighted by Gasteiger charge is -2.24. The molecule has 25 heavy (non-hydrogen) atoms. The average molecular weight is 369 g/mol. The number of aliphatic hydroxyl groups is 1. The third-order valence-electron chi connectivity index (χ3n) is 4.42. The average Bonchev–Trinajstić information content (AvgIpc) is 2.97. The van der Waals surface area contributed by atoms with Crippen molar-refractivity contribution in [3.63, 3.8) is 0 Å². The van der Waals surface area contributed by atoms with Gasteiger partial charge in [0.1, 0.15) is 6.10 Å². The topological polar surface area (TPSA) is 40.5 Å². The normalized spacial score (nSPS) is 19.8. The lowest BCUT2D eigenvalue weighted by molar-refractivity contribution is -0.128. The molecule has 0 aliphatic carbocycles. The van der Waals surface area contributed by atoms with Gasteiger partial charge >= 0.3 is 5.92 Å². The Morgan fingerprint density at radius 2 is 2.08 bits per heavy atom. The summed E-state index contributed by atoms with van der Waals surface area (Å²) < 4.78 is 28.6. The van der Waals surface area contributed by atoms with Crippen LogP contribution in [0, 0.1) is 0 Å². The summed E-state index contributed by atoms with van der Waals surface area (Å²) in [7, 11) is 0. The van der Waals surface area contributed by atoms with Gasteiger partial charge in [0.15, 0.2) is 0 Å². The van der Waals surface area contributed by atoms with E-state index >= 15 is 0 Å². The highest BCUT2D eigenvalue weighted by molar-refractivity contribution is 7.98. The van der Waals surface area contributed by atoms with Crippen LogP contribution >= 0.6 is 11.8 Å².